The molecule has 0 radical (unpaired) electrons. The number of carbonyl (C=O) groups excluding carboxylic acids is 2. The van der Waals surface area contributed by atoms with Gasteiger partial charge in [-0.3, -0.25) is 9.59 Å². The van der Waals surface area contributed by atoms with Crippen LogP contribution in [0.3, 0.4) is 0 Å². The van der Waals surface area contributed by atoms with Gasteiger partial charge in [-0.25, -0.2) is 0 Å². The van der Waals surface area contributed by atoms with E-state index < -0.39 is 5.41 Å². The van der Waals surface area contributed by atoms with Gasteiger partial charge in [0.25, 0.3) is 0 Å². The number of hydrogen-bond donors (Lipinski definition) is 4. The first-order valence-corrected chi connectivity index (χ1v) is 8.95. The lowest BCUT2D eigenvalue weighted by molar-refractivity contribution is -0.142. The van der Waals surface area contributed by atoms with E-state index in [4.69, 9.17) is 11.5 Å². The Kier molecular flexibility index (Phi) is 6.03. The molecule has 6 heteroatoms. The zero-order chi connectivity index (χ0) is 17.0. The highest BCUT2D eigenvalue weighted by Crippen LogP contribution is 2.23. The summed E-state index contributed by atoms with van der Waals surface area (Å²) in [6, 6.07) is -0.0859. The van der Waals surface area contributed by atoms with Crippen molar-refractivity contribution in [2.24, 2.45) is 16.9 Å². The average molecular weight is 324 g/mol. The van der Waals surface area contributed by atoms with Gasteiger partial charge in [0, 0.05) is 24.2 Å². The third-order valence-corrected chi connectivity index (χ3v) is 5.41. The minimum Gasteiger partial charge on any atom is -0.351 e. The van der Waals surface area contributed by atoms with Crippen LogP contribution in [0.1, 0.15) is 65.2 Å². The maximum absolute atomic E-state index is 12.6. The van der Waals surface area contributed by atoms with Crippen molar-refractivity contribution in [3.8, 4) is 0 Å². The van der Waals surface area contributed by atoms with Crippen LogP contribution in [0.5, 0.6) is 0 Å². The van der Waals surface area contributed by atoms with Crippen LogP contribution in [0.2, 0.25) is 0 Å². The minimum absolute atomic E-state index is 0.0154. The number of carbonyl (C=O) groups is 2. The van der Waals surface area contributed by atoms with Gasteiger partial charge in [-0.05, 0) is 39.5 Å². The molecule has 0 heterocycles. The molecule has 23 heavy (non-hydrogen) atoms. The lowest BCUT2D eigenvalue weighted by Crippen LogP contribution is -2.58. The summed E-state index contributed by atoms with van der Waals surface area (Å²) >= 11 is 0. The second-order valence-corrected chi connectivity index (χ2v) is 7.68. The molecule has 2 saturated carbocycles. The van der Waals surface area contributed by atoms with E-state index in [-0.39, 0.29) is 36.0 Å². The number of rotatable bonds is 4. The van der Waals surface area contributed by atoms with Crippen LogP contribution in [0.4, 0.5) is 0 Å². The largest absolute Gasteiger partial charge is 0.351 e. The predicted octanol–water partition coefficient (Wildman–Crippen LogP) is 0.785. The maximum Gasteiger partial charge on any atom is 0.235 e. The molecule has 2 rings (SSSR count). The molecule has 6 nitrogen and oxygen atoms in total. The van der Waals surface area contributed by atoms with E-state index in [9.17, 15) is 9.59 Å². The topological polar surface area (TPSA) is 110 Å². The fourth-order valence-electron chi connectivity index (χ4n) is 3.48. The summed E-state index contributed by atoms with van der Waals surface area (Å²) in [5.41, 5.74) is 11.0. The molecule has 2 aliphatic carbocycles. The molecule has 0 aromatic carbocycles. The highest BCUT2D eigenvalue weighted by atomic mass is 16.2. The summed E-state index contributed by atoms with van der Waals surface area (Å²) in [5, 5.41) is 5.96. The first-order chi connectivity index (χ1) is 10.8. The van der Waals surface area contributed by atoms with Crippen molar-refractivity contribution < 1.29 is 9.59 Å². The molecular formula is C17H32N4O2. The van der Waals surface area contributed by atoms with Gasteiger partial charge in [-0.2, -0.15) is 0 Å². The van der Waals surface area contributed by atoms with Crippen LogP contribution in [-0.2, 0) is 9.59 Å². The predicted molar refractivity (Wildman–Crippen MR) is 90.5 cm³/mol. The monoisotopic (exact) mass is 324 g/mol. The molecule has 2 amide bonds. The summed E-state index contributed by atoms with van der Waals surface area (Å²) in [7, 11) is 0. The molecule has 2 aliphatic rings. The summed E-state index contributed by atoms with van der Waals surface area (Å²) in [5.74, 6) is -0.497. The highest BCUT2D eigenvalue weighted by molar-refractivity contribution is 6.04. The van der Waals surface area contributed by atoms with Gasteiger partial charge < -0.3 is 22.1 Å². The minimum atomic E-state index is -1.12. The Balaban J connectivity index is 1.92. The fraction of sp³-hybridized carbons (Fsp3) is 0.882. The van der Waals surface area contributed by atoms with Crippen LogP contribution < -0.4 is 22.1 Å². The normalized spacial score (nSPS) is 32.2. The smallest absolute Gasteiger partial charge is 0.235 e. The molecule has 0 unspecified atom stereocenters. The van der Waals surface area contributed by atoms with Gasteiger partial charge in [0.05, 0.1) is 0 Å². The van der Waals surface area contributed by atoms with Crippen molar-refractivity contribution in [2.75, 3.05) is 0 Å². The molecule has 0 saturated heterocycles. The van der Waals surface area contributed by atoms with Crippen molar-refractivity contribution in [2.45, 2.75) is 89.4 Å². The Bertz CT molecular complexity index is 400. The average Bonchev–Trinajstić information content (AvgIpc) is 2.51. The van der Waals surface area contributed by atoms with Gasteiger partial charge in [0.2, 0.25) is 11.8 Å². The van der Waals surface area contributed by atoms with Crippen LogP contribution >= 0.6 is 0 Å². The molecule has 4 atom stereocenters. The summed E-state index contributed by atoms with van der Waals surface area (Å²) < 4.78 is 0. The van der Waals surface area contributed by atoms with E-state index in [0.29, 0.717) is 0 Å². The molecule has 132 valence electrons. The van der Waals surface area contributed by atoms with Gasteiger partial charge in [0.15, 0.2) is 0 Å². The number of hydrogen-bond acceptors (Lipinski definition) is 4. The zero-order valence-electron chi connectivity index (χ0n) is 14.4. The quantitative estimate of drug-likeness (QED) is 0.573. The second kappa shape index (κ2) is 7.62. The van der Waals surface area contributed by atoms with Crippen molar-refractivity contribution in [3.05, 3.63) is 0 Å². The molecular weight excluding hydrogens is 292 g/mol. The van der Waals surface area contributed by atoms with Gasteiger partial charge in [-0.15, -0.1) is 0 Å². The van der Waals surface area contributed by atoms with Gasteiger partial charge in [-0.1, -0.05) is 25.7 Å². The third-order valence-electron chi connectivity index (χ3n) is 5.41. The number of amides is 2. The number of nitrogens with one attached hydrogen (secondary N) is 2. The molecule has 0 aromatic heterocycles. The van der Waals surface area contributed by atoms with Crippen molar-refractivity contribution in [1.29, 1.82) is 0 Å². The van der Waals surface area contributed by atoms with Crippen molar-refractivity contribution >= 4 is 11.8 Å². The van der Waals surface area contributed by atoms with E-state index in [2.05, 4.69) is 10.6 Å². The Labute approximate surface area is 139 Å². The Morgan fingerprint density at radius 3 is 1.48 bits per heavy atom. The van der Waals surface area contributed by atoms with E-state index in [1.165, 1.54) is 0 Å². The molecule has 6 N–H and O–H groups in total. The van der Waals surface area contributed by atoms with E-state index in [0.717, 1.165) is 51.4 Å². The van der Waals surface area contributed by atoms with Crippen LogP contribution in [0.15, 0.2) is 0 Å². The lowest BCUT2D eigenvalue weighted by Gasteiger charge is -2.34. The third kappa shape index (κ3) is 4.44. The first kappa shape index (κ1) is 18.2. The Morgan fingerprint density at radius 1 is 0.783 bits per heavy atom. The molecule has 0 aliphatic heterocycles. The summed E-state index contributed by atoms with van der Waals surface area (Å²) in [4.78, 5) is 25.2. The van der Waals surface area contributed by atoms with Gasteiger partial charge >= 0.3 is 0 Å². The second-order valence-electron chi connectivity index (χ2n) is 7.68. The molecule has 0 aromatic rings. The standard InChI is InChI=1S/C17H32N4O2/c1-17(2,15(22)20-13-9-5-3-7-11(13)18)16(23)21-14-10-6-4-8-12(14)19/h11-14H,3-10,18-19H2,1-2H3,(H,20,22)(H,21,23)/t11-,12-,13-,14-/m1/s1. The molecule has 0 bridgehead atoms. The van der Waals surface area contributed by atoms with E-state index in [1.54, 1.807) is 13.8 Å². The van der Waals surface area contributed by atoms with Crippen molar-refractivity contribution in [3.63, 3.8) is 0 Å². The lowest BCUT2D eigenvalue weighted by atomic mass is 9.85. The summed E-state index contributed by atoms with van der Waals surface area (Å²) in [6.45, 7) is 3.33. The highest BCUT2D eigenvalue weighted by Gasteiger charge is 2.39. The Hall–Kier alpha value is -1.14. The first-order valence-electron chi connectivity index (χ1n) is 8.95. The molecule has 2 fully saturated rings. The van der Waals surface area contributed by atoms with Crippen LogP contribution in [0.25, 0.3) is 0 Å². The van der Waals surface area contributed by atoms with E-state index in [1.807, 2.05) is 0 Å². The summed E-state index contributed by atoms with van der Waals surface area (Å²) in [6.07, 6.45) is 7.98. The zero-order valence-corrected chi connectivity index (χ0v) is 14.4. The van der Waals surface area contributed by atoms with Crippen LogP contribution in [-0.4, -0.2) is 36.0 Å². The number of nitrogens with two attached hydrogens (primary N) is 2. The fourth-order valence-corrected chi connectivity index (χ4v) is 3.48. The maximum atomic E-state index is 12.6. The van der Waals surface area contributed by atoms with E-state index >= 15 is 0 Å². The SMILES string of the molecule is CC(C)(C(=O)N[C@@H]1CCCC[C@H]1N)C(=O)N[C@@H]1CCCC[C@H]1N. The Morgan fingerprint density at radius 2 is 1.13 bits per heavy atom. The van der Waals surface area contributed by atoms with Crippen LogP contribution in [0, 0.1) is 5.41 Å². The van der Waals surface area contributed by atoms with Gasteiger partial charge in [0.1, 0.15) is 5.41 Å². The van der Waals surface area contributed by atoms with Crippen molar-refractivity contribution in [1.82, 2.24) is 10.6 Å². The molecule has 0 spiro atoms.